The molecule has 31 heavy (non-hydrogen) atoms. The highest BCUT2D eigenvalue weighted by molar-refractivity contribution is 6.31. The third kappa shape index (κ3) is 4.64. The van der Waals surface area contributed by atoms with Crippen molar-refractivity contribution in [3.05, 3.63) is 76.5 Å². The number of amides is 3. The number of hydrogen-bond donors (Lipinski definition) is 1. The predicted molar refractivity (Wildman–Crippen MR) is 120 cm³/mol. The number of carbonyl (C=O) groups excluding carboxylic acids is 3. The summed E-state index contributed by atoms with van der Waals surface area (Å²) in [7, 11) is 0. The summed E-state index contributed by atoms with van der Waals surface area (Å²) in [5.74, 6) is -0.265. The van der Waals surface area contributed by atoms with Crippen LogP contribution < -0.4 is 10.2 Å². The molecular weight excluding hydrogens is 414 g/mol. The van der Waals surface area contributed by atoms with E-state index >= 15 is 0 Å². The van der Waals surface area contributed by atoms with Crippen LogP contribution in [-0.4, -0.2) is 35.7 Å². The minimum absolute atomic E-state index is 0.244. The summed E-state index contributed by atoms with van der Waals surface area (Å²) in [6.45, 7) is 4.12. The predicted octanol–water partition coefficient (Wildman–Crippen LogP) is 3.76. The van der Waals surface area contributed by atoms with E-state index in [1.807, 2.05) is 17.0 Å². The molecule has 160 valence electrons. The fraction of sp³-hybridized carbons (Fsp3) is 0.292. The highest BCUT2D eigenvalue weighted by atomic mass is 35.5. The Kier molecular flexibility index (Phi) is 6.09. The number of benzene rings is 2. The normalized spacial score (nSPS) is 17.2. The van der Waals surface area contributed by atoms with Crippen molar-refractivity contribution >= 4 is 35.0 Å². The van der Waals surface area contributed by atoms with Crippen LogP contribution in [0, 0.1) is 5.92 Å². The molecule has 2 aromatic carbocycles. The number of rotatable bonds is 5. The second-order valence-electron chi connectivity index (χ2n) is 8.04. The highest BCUT2D eigenvalue weighted by Gasteiger charge is 2.36. The van der Waals surface area contributed by atoms with Crippen molar-refractivity contribution in [2.45, 2.75) is 26.3 Å². The first-order valence-electron chi connectivity index (χ1n) is 10.4. The maximum absolute atomic E-state index is 12.9. The largest absolute Gasteiger partial charge is 0.367 e. The van der Waals surface area contributed by atoms with Gasteiger partial charge in [-0.1, -0.05) is 30.7 Å². The molecule has 2 heterocycles. The summed E-state index contributed by atoms with van der Waals surface area (Å²) in [6.07, 6.45) is 3.44. The zero-order chi connectivity index (χ0) is 22.0. The van der Waals surface area contributed by atoms with Crippen molar-refractivity contribution in [3.8, 4) is 0 Å². The number of imide groups is 1. The molecule has 7 heteroatoms. The average molecular weight is 438 g/mol. The van der Waals surface area contributed by atoms with E-state index in [1.54, 1.807) is 36.4 Å². The summed E-state index contributed by atoms with van der Waals surface area (Å²) in [5, 5.41) is 3.45. The number of likely N-dealkylation sites (tertiary alicyclic amines) is 1. The quantitative estimate of drug-likeness (QED) is 0.723. The Bertz CT molecular complexity index is 1040. The number of anilines is 1. The minimum atomic E-state index is -0.350. The van der Waals surface area contributed by atoms with Gasteiger partial charge in [-0.15, -0.1) is 0 Å². The Balaban J connectivity index is 1.40. The number of piperidine rings is 1. The Hall–Kier alpha value is -3.12. The van der Waals surface area contributed by atoms with Crippen molar-refractivity contribution in [1.29, 1.82) is 0 Å². The summed E-state index contributed by atoms with van der Waals surface area (Å²) >= 11 is 5.97. The summed E-state index contributed by atoms with van der Waals surface area (Å²) in [4.78, 5) is 41.0. The maximum atomic E-state index is 12.9. The molecule has 1 N–H and O–H groups in total. The minimum Gasteiger partial charge on any atom is -0.367 e. The monoisotopic (exact) mass is 437 g/mol. The van der Waals surface area contributed by atoms with Crippen LogP contribution in [0.25, 0.3) is 0 Å². The zero-order valence-corrected chi connectivity index (χ0v) is 18.1. The van der Waals surface area contributed by atoms with Gasteiger partial charge in [0.2, 0.25) is 0 Å². The topological polar surface area (TPSA) is 69.7 Å². The molecule has 0 bridgehead atoms. The molecule has 1 saturated heterocycles. The lowest BCUT2D eigenvalue weighted by Crippen LogP contribution is -2.38. The van der Waals surface area contributed by atoms with Gasteiger partial charge in [-0.2, -0.15) is 0 Å². The van der Waals surface area contributed by atoms with Gasteiger partial charge in [0, 0.05) is 36.3 Å². The molecule has 0 aliphatic carbocycles. The van der Waals surface area contributed by atoms with Crippen molar-refractivity contribution in [1.82, 2.24) is 10.2 Å². The van der Waals surface area contributed by atoms with E-state index in [9.17, 15) is 14.4 Å². The molecule has 1 fully saturated rings. The molecule has 0 unspecified atom stereocenters. The third-order valence-electron chi connectivity index (χ3n) is 5.76. The zero-order valence-electron chi connectivity index (χ0n) is 17.3. The van der Waals surface area contributed by atoms with E-state index in [2.05, 4.69) is 12.2 Å². The number of carbonyl (C=O) groups is 3. The number of nitrogens with one attached hydrogen (secondary N) is 1. The van der Waals surface area contributed by atoms with Crippen LogP contribution in [0.2, 0.25) is 5.02 Å². The van der Waals surface area contributed by atoms with Gasteiger partial charge < -0.3 is 10.2 Å². The van der Waals surface area contributed by atoms with Gasteiger partial charge in [0.25, 0.3) is 17.7 Å². The van der Waals surface area contributed by atoms with Gasteiger partial charge in [0.1, 0.15) is 5.70 Å². The standard InChI is InChI=1S/C24H24ClN3O3/c1-16-9-11-27(12-10-16)21-14-22(29)28(24(21)31)20-7-5-18(6-8-20)23(30)26-15-17-3-2-4-19(25)13-17/h2-8,13-14,16H,9-12,15H2,1H3,(H,26,30). The first kappa shape index (κ1) is 21.1. The van der Waals surface area contributed by atoms with Crippen LogP contribution in [0.15, 0.2) is 60.3 Å². The maximum Gasteiger partial charge on any atom is 0.281 e. The lowest BCUT2D eigenvalue weighted by Gasteiger charge is -2.32. The first-order valence-corrected chi connectivity index (χ1v) is 10.8. The van der Waals surface area contributed by atoms with E-state index in [0.29, 0.717) is 34.4 Å². The van der Waals surface area contributed by atoms with Crippen LogP contribution in [0.3, 0.4) is 0 Å². The molecule has 0 radical (unpaired) electrons. The Morgan fingerprint density at radius 2 is 1.81 bits per heavy atom. The van der Waals surface area contributed by atoms with Crippen molar-refractivity contribution in [2.75, 3.05) is 18.0 Å². The molecule has 6 nitrogen and oxygen atoms in total. The van der Waals surface area contributed by atoms with Gasteiger partial charge in [-0.25, -0.2) is 4.90 Å². The van der Waals surface area contributed by atoms with Gasteiger partial charge in [0.05, 0.1) is 5.69 Å². The fourth-order valence-electron chi connectivity index (χ4n) is 3.87. The van der Waals surface area contributed by atoms with Crippen LogP contribution in [0.5, 0.6) is 0 Å². The SMILES string of the molecule is CC1CCN(C2=CC(=O)N(c3ccc(C(=O)NCc4cccc(Cl)c4)cc3)C2=O)CC1. The molecule has 0 atom stereocenters. The molecule has 0 aromatic heterocycles. The fourth-order valence-corrected chi connectivity index (χ4v) is 4.08. The molecular formula is C24H24ClN3O3. The Morgan fingerprint density at radius 1 is 1.10 bits per heavy atom. The smallest absolute Gasteiger partial charge is 0.281 e. The lowest BCUT2D eigenvalue weighted by atomic mass is 9.99. The van der Waals surface area contributed by atoms with Gasteiger partial charge >= 0.3 is 0 Å². The third-order valence-corrected chi connectivity index (χ3v) is 5.99. The number of halogens is 1. The summed E-state index contributed by atoms with van der Waals surface area (Å²) in [6, 6.07) is 13.8. The Labute approximate surface area is 186 Å². The molecule has 4 rings (SSSR count). The number of nitrogens with zero attached hydrogens (tertiary/aromatic N) is 2. The second-order valence-corrected chi connectivity index (χ2v) is 8.47. The molecule has 2 aliphatic heterocycles. The lowest BCUT2D eigenvalue weighted by molar-refractivity contribution is -0.121. The van der Waals surface area contributed by atoms with Crippen molar-refractivity contribution < 1.29 is 14.4 Å². The molecule has 2 aliphatic rings. The molecule has 2 aromatic rings. The Morgan fingerprint density at radius 3 is 2.48 bits per heavy atom. The van der Waals surface area contributed by atoms with Gasteiger partial charge in [-0.3, -0.25) is 14.4 Å². The summed E-state index contributed by atoms with van der Waals surface area (Å²) < 4.78 is 0. The average Bonchev–Trinajstić information content (AvgIpc) is 3.06. The number of hydrogen-bond acceptors (Lipinski definition) is 4. The molecule has 0 saturated carbocycles. The van der Waals surface area contributed by atoms with E-state index in [-0.39, 0.29) is 17.7 Å². The second kappa shape index (κ2) is 8.94. The van der Waals surface area contributed by atoms with Crippen molar-refractivity contribution in [3.63, 3.8) is 0 Å². The van der Waals surface area contributed by atoms with E-state index in [1.165, 1.54) is 11.0 Å². The van der Waals surface area contributed by atoms with Crippen LogP contribution in [0.4, 0.5) is 5.69 Å². The van der Waals surface area contributed by atoms with Gasteiger partial charge in [0.15, 0.2) is 0 Å². The first-order chi connectivity index (χ1) is 14.9. The van der Waals surface area contributed by atoms with Gasteiger partial charge in [-0.05, 0) is 60.7 Å². The summed E-state index contributed by atoms with van der Waals surface area (Å²) in [5.41, 5.74) is 2.26. The highest BCUT2D eigenvalue weighted by Crippen LogP contribution is 2.28. The van der Waals surface area contributed by atoms with Crippen molar-refractivity contribution in [2.24, 2.45) is 5.92 Å². The van der Waals surface area contributed by atoms with E-state index in [4.69, 9.17) is 11.6 Å². The van der Waals surface area contributed by atoms with Crippen LogP contribution >= 0.6 is 11.6 Å². The van der Waals surface area contributed by atoms with E-state index in [0.717, 1.165) is 31.5 Å². The molecule has 0 spiro atoms. The van der Waals surface area contributed by atoms with E-state index < -0.39 is 0 Å². The van der Waals surface area contributed by atoms with Crippen LogP contribution in [-0.2, 0) is 16.1 Å². The van der Waals surface area contributed by atoms with Crippen LogP contribution in [0.1, 0.15) is 35.7 Å². The molecule has 3 amide bonds.